The molecular weight excluding hydrogens is 325 g/mol. The first-order chi connectivity index (χ1) is 10.9. The minimum atomic E-state index is -5.04. The Balaban J connectivity index is 2.76. The number of amides is 2. The molecule has 5 nitrogen and oxygen atoms in total. The smallest absolute Gasteiger partial charge is 0.471 e. The summed E-state index contributed by atoms with van der Waals surface area (Å²) in [7, 11) is 1.52. The maximum Gasteiger partial charge on any atom is 0.471 e. The highest BCUT2D eigenvalue weighted by Crippen LogP contribution is 2.22. The van der Waals surface area contributed by atoms with E-state index in [1.807, 2.05) is 0 Å². The molecule has 2 N–H and O–H groups in total. The Morgan fingerprint density at radius 3 is 2.08 bits per heavy atom. The molecule has 134 valence electrons. The largest absolute Gasteiger partial charge is 0.497 e. The van der Waals surface area contributed by atoms with Gasteiger partial charge in [0.15, 0.2) is 0 Å². The number of carbonyl (C=O) groups excluding carboxylic acids is 2. The minimum absolute atomic E-state index is 0.122. The Labute approximate surface area is 138 Å². The molecule has 0 saturated heterocycles. The number of rotatable bonds is 5. The maximum atomic E-state index is 12.4. The summed E-state index contributed by atoms with van der Waals surface area (Å²) in [5.74, 6) is -2.17. The number of ether oxygens (including phenoxy) is 1. The second kappa shape index (κ2) is 7.55. The molecule has 8 heteroatoms. The van der Waals surface area contributed by atoms with Crippen LogP contribution in [0.4, 0.5) is 13.2 Å². The van der Waals surface area contributed by atoms with Gasteiger partial charge in [-0.25, -0.2) is 0 Å². The third-order valence-electron chi connectivity index (χ3n) is 3.29. The highest BCUT2D eigenvalue weighted by atomic mass is 19.4. The lowest BCUT2D eigenvalue weighted by Crippen LogP contribution is -2.56. The van der Waals surface area contributed by atoms with E-state index in [1.165, 1.54) is 7.11 Å². The van der Waals surface area contributed by atoms with E-state index in [4.69, 9.17) is 4.74 Å². The van der Waals surface area contributed by atoms with Gasteiger partial charge in [0.2, 0.25) is 5.91 Å². The number of hydrogen-bond acceptors (Lipinski definition) is 3. The van der Waals surface area contributed by atoms with Gasteiger partial charge in [0.25, 0.3) is 0 Å². The average molecular weight is 346 g/mol. The molecule has 0 aliphatic rings. The van der Waals surface area contributed by atoms with Gasteiger partial charge in [-0.3, -0.25) is 9.59 Å². The summed E-state index contributed by atoms with van der Waals surface area (Å²) < 4.78 is 42.3. The molecule has 0 aliphatic carbocycles. The zero-order valence-corrected chi connectivity index (χ0v) is 14.0. The van der Waals surface area contributed by atoms with Crippen molar-refractivity contribution < 1.29 is 27.5 Å². The Morgan fingerprint density at radius 2 is 1.67 bits per heavy atom. The van der Waals surface area contributed by atoms with Gasteiger partial charge in [-0.2, -0.15) is 13.2 Å². The van der Waals surface area contributed by atoms with E-state index < -0.39 is 29.4 Å². The van der Waals surface area contributed by atoms with E-state index in [2.05, 4.69) is 5.32 Å². The zero-order valence-electron chi connectivity index (χ0n) is 14.0. The van der Waals surface area contributed by atoms with Crippen LogP contribution in [0.5, 0.6) is 5.75 Å². The Morgan fingerprint density at radius 1 is 1.12 bits per heavy atom. The number of carbonyl (C=O) groups is 2. The van der Waals surface area contributed by atoms with Gasteiger partial charge < -0.3 is 15.4 Å². The number of benzene rings is 1. The zero-order chi connectivity index (χ0) is 18.5. The lowest BCUT2D eigenvalue weighted by molar-refractivity contribution is -0.175. The van der Waals surface area contributed by atoms with Crippen molar-refractivity contribution in [2.75, 3.05) is 7.11 Å². The number of halogens is 3. The van der Waals surface area contributed by atoms with Crippen molar-refractivity contribution in [1.82, 2.24) is 10.6 Å². The molecule has 0 aliphatic heterocycles. The van der Waals surface area contributed by atoms with Crippen LogP contribution in [0.2, 0.25) is 0 Å². The second-order valence-corrected chi connectivity index (χ2v) is 6.34. The van der Waals surface area contributed by atoms with Crippen LogP contribution in [0.25, 0.3) is 0 Å². The molecule has 0 saturated carbocycles. The van der Waals surface area contributed by atoms with Gasteiger partial charge in [-0.05, 0) is 23.1 Å². The molecule has 1 aromatic carbocycles. The van der Waals surface area contributed by atoms with Crippen molar-refractivity contribution in [3.8, 4) is 5.75 Å². The van der Waals surface area contributed by atoms with E-state index in [1.54, 1.807) is 50.4 Å². The molecule has 1 atom stereocenters. The molecule has 0 radical (unpaired) electrons. The Bertz CT molecular complexity index is 578. The van der Waals surface area contributed by atoms with Gasteiger partial charge in [0.05, 0.1) is 7.11 Å². The van der Waals surface area contributed by atoms with Crippen LogP contribution in [-0.2, 0) is 16.1 Å². The minimum Gasteiger partial charge on any atom is -0.497 e. The van der Waals surface area contributed by atoms with E-state index >= 15 is 0 Å². The highest BCUT2D eigenvalue weighted by molar-refractivity contribution is 5.90. The molecule has 1 aromatic rings. The summed E-state index contributed by atoms with van der Waals surface area (Å²) in [6, 6.07) is 5.53. The molecule has 0 heterocycles. The quantitative estimate of drug-likeness (QED) is 0.860. The molecule has 0 spiro atoms. The predicted octanol–water partition coefficient (Wildman–Crippen LogP) is 2.40. The van der Waals surface area contributed by atoms with Crippen LogP contribution in [0, 0.1) is 5.41 Å². The first-order valence-corrected chi connectivity index (χ1v) is 7.23. The molecule has 1 rings (SSSR count). The third-order valence-corrected chi connectivity index (χ3v) is 3.29. The number of methoxy groups -OCH3 is 1. The number of alkyl halides is 3. The van der Waals surface area contributed by atoms with Crippen LogP contribution in [-0.4, -0.2) is 31.1 Å². The van der Waals surface area contributed by atoms with Crippen LogP contribution < -0.4 is 15.4 Å². The molecule has 0 fully saturated rings. The van der Waals surface area contributed by atoms with Gasteiger partial charge in [0.1, 0.15) is 11.8 Å². The summed E-state index contributed by atoms with van der Waals surface area (Å²) >= 11 is 0. The van der Waals surface area contributed by atoms with Crippen molar-refractivity contribution in [3.63, 3.8) is 0 Å². The lowest BCUT2D eigenvalue weighted by atomic mass is 9.86. The molecule has 0 aromatic heterocycles. The summed E-state index contributed by atoms with van der Waals surface area (Å²) in [5.41, 5.74) is -0.135. The maximum absolute atomic E-state index is 12.4. The summed E-state index contributed by atoms with van der Waals surface area (Å²) in [6.07, 6.45) is -5.04. The second-order valence-electron chi connectivity index (χ2n) is 6.34. The fourth-order valence-corrected chi connectivity index (χ4v) is 1.92. The van der Waals surface area contributed by atoms with Gasteiger partial charge in [0, 0.05) is 6.54 Å². The predicted molar refractivity (Wildman–Crippen MR) is 82.3 cm³/mol. The van der Waals surface area contributed by atoms with Crippen LogP contribution >= 0.6 is 0 Å². The van der Waals surface area contributed by atoms with Crippen LogP contribution in [0.1, 0.15) is 26.3 Å². The summed E-state index contributed by atoms with van der Waals surface area (Å²) in [5, 5.41) is 4.29. The molecular formula is C16H21F3N2O3. The van der Waals surface area contributed by atoms with E-state index in [9.17, 15) is 22.8 Å². The topological polar surface area (TPSA) is 67.4 Å². The van der Waals surface area contributed by atoms with Gasteiger partial charge in [-0.1, -0.05) is 32.9 Å². The molecule has 0 bridgehead atoms. The Kier molecular flexibility index (Phi) is 6.22. The van der Waals surface area contributed by atoms with Crippen molar-refractivity contribution in [2.45, 2.75) is 39.5 Å². The van der Waals surface area contributed by atoms with Gasteiger partial charge >= 0.3 is 12.1 Å². The van der Waals surface area contributed by atoms with Crippen LogP contribution in [0.15, 0.2) is 24.3 Å². The number of nitrogens with one attached hydrogen (secondary N) is 2. The normalized spacial score (nSPS) is 13.1. The third kappa shape index (κ3) is 5.75. The van der Waals surface area contributed by atoms with E-state index in [-0.39, 0.29) is 6.54 Å². The van der Waals surface area contributed by atoms with Crippen LogP contribution in [0.3, 0.4) is 0 Å². The van der Waals surface area contributed by atoms with E-state index in [0.717, 1.165) is 5.56 Å². The molecule has 2 amide bonds. The lowest BCUT2D eigenvalue weighted by Gasteiger charge is -2.30. The summed E-state index contributed by atoms with van der Waals surface area (Å²) in [6.45, 7) is 4.83. The van der Waals surface area contributed by atoms with E-state index in [0.29, 0.717) is 5.75 Å². The first kappa shape index (κ1) is 19.8. The van der Waals surface area contributed by atoms with Crippen molar-refractivity contribution >= 4 is 11.8 Å². The first-order valence-electron chi connectivity index (χ1n) is 7.23. The molecule has 1 unspecified atom stereocenters. The summed E-state index contributed by atoms with van der Waals surface area (Å²) in [4.78, 5) is 23.4. The number of hydrogen-bond donors (Lipinski definition) is 2. The van der Waals surface area contributed by atoms with Crippen molar-refractivity contribution in [2.24, 2.45) is 5.41 Å². The Hall–Kier alpha value is -2.25. The average Bonchev–Trinajstić information content (AvgIpc) is 2.48. The fraction of sp³-hybridized carbons (Fsp3) is 0.500. The highest BCUT2D eigenvalue weighted by Gasteiger charge is 2.43. The standard InChI is InChI=1S/C16H21F3N2O3/c1-15(2,3)12(21-14(23)16(17,18)19)13(22)20-9-10-5-7-11(24-4)8-6-10/h5-8,12H,9H2,1-4H3,(H,20,22)(H,21,23). The van der Waals surface area contributed by atoms with Gasteiger partial charge in [-0.15, -0.1) is 0 Å². The van der Waals surface area contributed by atoms with Crippen molar-refractivity contribution in [3.05, 3.63) is 29.8 Å². The fourth-order valence-electron chi connectivity index (χ4n) is 1.92. The molecule has 24 heavy (non-hydrogen) atoms. The van der Waals surface area contributed by atoms with Crippen molar-refractivity contribution in [1.29, 1.82) is 0 Å². The SMILES string of the molecule is COc1ccc(CNC(=O)C(NC(=O)C(F)(F)F)C(C)(C)C)cc1. The monoisotopic (exact) mass is 346 g/mol.